The van der Waals surface area contributed by atoms with Crippen LogP contribution in [-0.2, 0) is 10.0 Å². The lowest BCUT2D eigenvalue weighted by atomic mass is 10.2. The molecule has 0 heterocycles. The molecule has 1 aromatic rings. The lowest BCUT2D eigenvalue weighted by Gasteiger charge is -2.18. The van der Waals surface area contributed by atoms with Crippen molar-refractivity contribution in [1.82, 2.24) is 4.31 Å². The molecule has 2 rings (SSSR count). The normalized spacial score (nSPS) is 17.8. The van der Waals surface area contributed by atoms with Crippen LogP contribution < -0.4 is 0 Å². The van der Waals surface area contributed by atoms with Gasteiger partial charge in [0.05, 0.1) is 6.10 Å². The fraction of sp³-hybridized carbons (Fsp3) is 0.429. The van der Waals surface area contributed by atoms with E-state index in [1.165, 1.54) is 17.4 Å². The van der Waals surface area contributed by atoms with Crippen molar-refractivity contribution in [2.45, 2.75) is 18.9 Å². The Labute approximate surface area is 124 Å². The first-order valence-corrected chi connectivity index (χ1v) is 8.35. The van der Waals surface area contributed by atoms with E-state index in [1.54, 1.807) is 24.3 Å². The van der Waals surface area contributed by atoms with Crippen LogP contribution in [0.1, 0.15) is 18.4 Å². The number of sulfonamides is 1. The van der Waals surface area contributed by atoms with Gasteiger partial charge in [0.25, 0.3) is 0 Å². The maximum Gasteiger partial charge on any atom is 0.236 e. The summed E-state index contributed by atoms with van der Waals surface area (Å²) >= 11 is 5.97. The minimum Gasteiger partial charge on any atom is -0.391 e. The predicted molar refractivity (Wildman–Crippen MR) is 80.8 cm³/mol. The highest BCUT2D eigenvalue weighted by atomic mass is 35.5. The van der Waals surface area contributed by atoms with Crippen LogP contribution in [0.4, 0.5) is 0 Å². The molecule has 1 N–H and O–H groups in total. The monoisotopic (exact) mass is 315 g/mol. The molecule has 1 aliphatic carbocycles. The van der Waals surface area contributed by atoms with E-state index >= 15 is 0 Å². The van der Waals surface area contributed by atoms with Crippen molar-refractivity contribution in [2.75, 3.05) is 13.6 Å². The molecule has 20 heavy (non-hydrogen) atoms. The molecule has 1 aliphatic rings. The Morgan fingerprint density at radius 2 is 2.10 bits per heavy atom. The van der Waals surface area contributed by atoms with Crippen molar-refractivity contribution in [3.8, 4) is 0 Å². The number of halogens is 1. The molecule has 6 heteroatoms. The third kappa shape index (κ3) is 4.06. The van der Waals surface area contributed by atoms with E-state index < -0.39 is 16.1 Å². The summed E-state index contributed by atoms with van der Waals surface area (Å²) in [5, 5.41) is 11.4. The Hall–Kier alpha value is -0.880. The number of aliphatic hydroxyl groups is 1. The quantitative estimate of drug-likeness (QED) is 0.876. The number of hydrogen-bond acceptors (Lipinski definition) is 3. The summed E-state index contributed by atoms with van der Waals surface area (Å²) in [5.74, 6) is 0.250. The Kier molecular flexibility index (Phi) is 4.86. The maximum atomic E-state index is 12.1. The van der Waals surface area contributed by atoms with Crippen LogP contribution in [0.15, 0.2) is 29.7 Å². The second-order valence-corrected chi connectivity index (χ2v) is 7.39. The highest BCUT2D eigenvalue weighted by molar-refractivity contribution is 7.92. The van der Waals surface area contributed by atoms with Crippen molar-refractivity contribution in [3.05, 3.63) is 40.3 Å². The smallest absolute Gasteiger partial charge is 0.236 e. The minimum absolute atomic E-state index is 0.125. The Morgan fingerprint density at radius 3 is 2.70 bits per heavy atom. The Balaban J connectivity index is 2.04. The van der Waals surface area contributed by atoms with Crippen LogP contribution in [0.25, 0.3) is 6.08 Å². The van der Waals surface area contributed by atoms with Gasteiger partial charge in [0.15, 0.2) is 0 Å². The van der Waals surface area contributed by atoms with Crippen molar-refractivity contribution >= 4 is 27.7 Å². The second kappa shape index (κ2) is 6.26. The van der Waals surface area contributed by atoms with E-state index in [2.05, 4.69) is 0 Å². The molecular formula is C14H18ClNO3S. The molecule has 1 unspecified atom stereocenters. The average Bonchev–Trinajstić information content (AvgIpc) is 3.22. The lowest BCUT2D eigenvalue weighted by molar-refractivity contribution is 0.131. The average molecular weight is 316 g/mol. The number of nitrogens with zero attached hydrogens (tertiary/aromatic N) is 1. The van der Waals surface area contributed by atoms with Gasteiger partial charge in [-0.05, 0) is 36.5 Å². The zero-order valence-electron chi connectivity index (χ0n) is 11.2. The van der Waals surface area contributed by atoms with E-state index in [-0.39, 0.29) is 12.5 Å². The van der Waals surface area contributed by atoms with Gasteiger partial charge < -0.3 is 5.11 Å². The molecular weight excluding hydrogens is 298 g/mol. The van der Waals surface area contributed by atoms with E-state index in [1.807, 2.05) is 0 Å². The Morgan fingerprint density at radius 1 is 1.45 bits per heavy atom. The number of aliphatic hydroxyl groups excluding tert-OH is 1. The lowest BCUT2D eigenvalue weighted by Crippen LogP contribution is -2.34. The molecule has 1 fully saturated rings. The number of benzene rings is 1. The first kappa shape index (κ1) is 15.5. The van der Waals surface area contributed by atoms with Crippen LogP contribution in [0, 0.1) is 5.92 Å². The van der Waals surface area contributed by atoms with Crippen molar-refractivity contribution < 1.29 is 13.5 Å². The van der Waals surface area contributed by atoms with Gasteiger partial charge in [-0.25, -0.2) is 8.42 Å². The summed E-state index contributed by atoms with van der Waals surface area (Å²) in [7, 11) is -2.07. The first-order valence-electron chi connectivity index (χ1n) is 6.47. The van der Waals surface area contributed by atoms with Gasteiger partial charge in [0, 0.05) is 24.0 Å². The fourth-order valence-corrected chi connectivity index (χ4v) is 2.96. The van der Waals surface area contributed by atoms with Crippen LogP contribution in [0.5, 0.6) is 0 Å². The van der Waals surface area contributed by atoms with Gasteiger partial charge in [-0.2, -0.15) is 4.31 Å². The largest absolute Gasteiger partial charge is 0.391 e. The fourth-order valence-electron chi connectivity index (χ4n) is 1.87. The van der Waals surface area contributed by atoms with Gasteiger partial charge >= 0.3 is 0 Å². The molecule has 0 radical (unpaired) electrons. The molecule has 1 aromatic carbocycles. The van der Waals surface area contributed by atoms with Gasteiger partial charge in [-0.3, -0.25) is 0 Å². The first-order chi connectivity index (χ1) is 9.40. The van der Waals surface area contributed by atoms with Crippen LogP contribution in [0.2, 0.25) is 5.02 Å². The Bertz CT molecular complexity index is 596. The van der Waals surface area contributed by atoms with Gasteiger partial charge in [-0.1, -0.05) is 29.8 Å². The summed E-state index contributed by atoms with van der Waals surface area (Å²) in [4.78, 5) is 0. The van der Waals surface area contributed by atoms with Crippen LogP contribution >= 0.6 is 11.6 Å². The highest BCUT2D eigenvalue weighted by Crippen LogP contribution is 2.33. The summed E-state index contributed by atoms with van der Waals surface area (Å²) in [6.07, 6.45) is 2.84. The molecule has 0 amide bonds. The molecule has 0 saturated heterocycles. The van der Waals surface area contributed by atoms with Crippen molar-refractivity contribution in [1.29, 1.82) is 0 Å². The summed E-state index contributed by atoms with van der Waals surface area (Å²) in [6.45, 7) is 0.125. The molecule has 0 aliphatic heterocycles. The van der Waals surface area contributed by atoms with Crippen LogP contribution in [-0.4, -0.2) is 37.5 Å². The molecule has 4 nitrogen and oxygen atoms in total. The zero-order chi connectivity index (χ0) is 14.8. The molecule has 1 atom stereocenters. The molecule has 0 aromatic heterocycles. The van der Waals surface area contributed by atoms with Crippen molar-refractivity contribution in [2.24, 2.45) is 5.92 Å². The molecule has 110 valence electrons. The summed E-state index contributed by atoms with van der Waals surface area (Å²) in [5.41, 5.74) is 0.647. The SMILES string of the molecule is CN(CC(O)C1CC1)S(=O)(=O)/C=C/c1ccccc1Cl. The predicted octanol–water partition coefficient (Wildman–Crippen LogP) is 2.34. The third-order valence-corrected chi connectivity index (χ3v) is 5.21. The van der Waals surface area contributed by atoms with E-state index in [0.717, 1.165) is 18.2 Å². The number of likely N-dealkylation sites (N-methyl/N-ethyl adjacent to an activating group) is 1. The van der Waals surface area contributed by atoms with E-state index in [0.29, 0.717) is 10.6 Å². The molecule has 0 spiro atoms. The number of hydrogen-bond donors (Lipinski definition) is 1. The minimum atomic E-state index is -3.54. The second-order valence-electron chi connectivity index (χ2n) is 5.05. The maximum absolute atomic E-state index is 12.1. The third-order valence-electron chi connectivity index (χ3n) is 3.37. The summed E-state index contributed by atoms with van der Waals surface area (Å²) in [6, 6.07) is 7.02. The zero-order valence-corrected chi connectivity index (χ0v) is 12.8. The van der Waals surface area contributed by atoms with E-state index in [4.69, 9.17) is 11.6 Å². The van der Waals surface area contributed by atoms with Crippen LogP contribution in [0.3, 0.4) is 0 Å². The standard InChI is InChI=1S/C14H18ClNO3S/c1-16(10-14(17)12-6-7-12)20(18,19)9-8-11-4-2-3-5-13(11)15/h2-5,8-9,12,14,17H,6-7,10H2,1H3/b9-8+. The number of rotatable bonds is 6. The topological polar surface area (TPSA) is 57.6 Å². The molecule has 0 bridgehead atoms. The van der Waals surface area contributed by atoms with Gasteiger partial charge in [0.1, 0.15) is 0 Å². The van der Waals surface area contributed by atoms with E-state index in [9.17, 15) is 13.5 Å². The van der Waals surface area contributed by atoms with Crippen molar-refractivity contribution in [3.63, 3.8) is 0 Å². The van der Waals surface area contributed by atoms with Gasteiger partial charge in [-0.15, -0.1) is 0 Å². The highest BCUT2D eigenvalue weighted by Gasteiger charge is 2.32. The van der Waals surface area contributed by atoms with Gasteiger partial charge in [0.2, 0.25) is 10.0 Å². The summed E-state index contributed by atoms with van der Waals surface area (Å²) < 4.78 is 25.3. The molecule has 1 saturated carbocycles.